The first-order valence-electron chi connectivity index (χ1n) is 10.4. The molecule has 1 aromatic carbocycles. The molecule has 1 saturated carbocycles. The lowest BCUT2D eigenvalue weighted by atomic mass is 9.90. The standard InChI is InChI=1S/C23H27F2N5S/c1-13(2)22(28)29-19(27)11-10-18(26)21-20(16-9-8-15(24)12-17(16)25)30-23(31-21)14-6-4-3-5-7-14/h8-14,26H,3-7H2,1-2H3,(H3,27,28,29)/b11-10-,26-18?. The maximum atomic E-state index is 14.5. The van der Waals surface area contributed by atoms with Crippen molar-refractivity contribution in [3.05, 3.63) is 51.9 Å². The Labute approximate surface area is 185 Å². The fraction of sp³-hybridized carbons (Fsp3) is 0.391. The highest BCUT2D eigenvalue weighted by molar-refractivity contribution is 7.14. The molecule has 0 bridgehead atoms. The summed E-state index contributed by atoms with van der Waals surface area (Å²) in [5.74, 6) is -0.786. The summed E-state index contributed by atoms with van der Waals surface area (Å²) < 4.78 is 28.0. The molecule has 0 amide bonds. The minimum atomic E-state index is -0.708. The number of benzene rings is 1. The fourth-order valence-electron chi connectivity index (χ4n) is 3.45. The van der Waals surface area contributed by atoms with Gasteiger partial charge in [-0.15, -0.1) is 11.3 Å². The van der Waals surface area contributed by atoms with E-state index < -0.39 is 11.6 Å². The lowest BCUT2D eigenvalue weighted by Crippen LogP contribution is -2.20. The average molecular weight is 444 g/mol. The van der Waals surface area contributed by atoms with Crippen molar-refractivity contribution in [2.75, 3.05) is 0 Å². The molecular formula is C23H27F2N5S. The van der Waals surface area contributed by atoms with Crippen molar-refractivity contribution in [1.29, 1.82) is 10.8 Å². The zero-order valence-corrected chi connectivity index (χ0v) is 18.5. The van der Waals surface area contributed by atoms with Crippen LogP contribution in [0.2, 0.25) is 0 Å². The Kier molecular flexibility index (Phi) is 7.43. The van der Waals surface area contributed by atoms with Gasteiger partial charge in [-0.3, -0.25) is 10.8 Å². The maximum absolute atomic E-state index is 14.5. The summed E-state index contributed by atoms with van der Waals surface area (Å²) in [6, 6.07) is 3.39. The van der Waals surface area contributed by atoms with Crippen LogP contribution >= 0.6 is 11.3 Å². The van der Waals surface area contributed by atoms with E-state index in [4.69, 9.17) is 21.5 Å². The van der Waals surface area contributed by atoms with E-state index in [0.717, 1.165) is 36.8 Å². The molecule has 0 unspecified atom stereocenters. The van der Waals surface area contributed by atoms with Gasteiger partial charge >= 0.3 is 0 Å². The van der Waals surface area contributed by atoms with Crippen LogP contribution in [0.5, 0.6) is 0 Å². The molecule has 1 aromatic heterocycles. The topological polar surface area (TPSA) is 99.0 Å². The van der Waals surface area contributed by atoms with E-state index >= 15 is 0 Å². The van der Waals surface area contributed by atoms with Crippen LogP contribution in [0.4, 0.5) is 8.78 Å². The number of rotatable bonds is 6. The SMILES string of the molecule is CC(C)C(N)=NC(=N)/C=C\C(=N)c1sc(C2CCCCC2)nc1-c1ccc(F)cc1F. The first kappa shape index (κ1) is 22.9. The zero-order chi connectivity index (χ0) is 22.5. The first-order chi connectivity index (χ1) is 14.8. The molecule has 5 nitrogen and oxygen atoms in total. The van der Waals surface area contributed by atoms with Crippen LogP contribution in [-0.4, -0.2) is 22.4 Å². The van der Waals surface area contributed by atoms with Gasteiger partial charge in [0.05, 0.1) is 21.3 Å². The quantitative estimate of drug-likeness (QED) is 0.374. The van der Waals surface area contributed by atoms with Crippen molar-refractivity contribution in [1.82, 2.24) is 4.98 Å². The van der Waals surface area contributed by atoms with Crippen LogP contribution < -0.4 is 5.73 Å². The number of nitrogens with one attached hydrogen (secondary N) is 2. The number of halogens is 2. The molecule has 31 heavy (non-hydrogen) atoms. The summed E-state index contributed by atoms with van der Waals surface area (Å²) in [5.41, 5.74) is 6.40. The maximum Gasteiger partial charge on any atom is 0.146 e. The van der Waals surface area contributed by atoms with Crippen LogP contribution in [0.15, 0.2) is 35.3 Å². The summed E-state index contributed by atoms with van der Waals surface area (Å²) in [7, 11) is 0. The van der Waals surface area contributed by atoms with Gasteiger partial charge in [0.25, 0.3) is 0 Å². The van der Waals surface area contributed by atoms with Crippen LogP contribution in [0, 0.1) is 28.4 Å². The van der Waals surface area contributed by atoms with Gasteiger partial charge in [0, 0.05) is 23.5 Å². The van der Waals surface area contributed by atoms with Gasteiger partial charge < -0.3 is 5.73 Å². The van der Waals surface area contributed by atoms with E-state index in [1.54, 1.807) is 0 Å². The van der Waals surface area contributed by atoms with Gasteiger partial charge in [-0.25, -0.2) is 18.8 Å². The molecule has 1 aliphatic carbocycles. The molecule has 8 heteroatoms. The molecule has 1 aliphatic rings. The van der Waals surface area contributed by atoms with Crippen molar-refractivity contribution in [2.45, 2.75) is 51.9 Å². The normalized spacial score (nSPS) is 15.7. The lowest BCUT2D eigenvalue weighted by Gasteiger charge is -2.18. The predicted molar refractivity (Wildman–Crippen MR) is 123 cm³/mol. The Morgan fingerprint density at radius 2 is 1.90 bits per heavy atom. The number of thiazole rings is 1. The number of nitrogens with two attached hydrogens (primary N) is 1. The monoisotopic (exact) mass is 443 g/mol. The number of amidine groups is 2. The van der Waals surface area contributed by atoms with E-state index in [1.807, 2.05) is 13.8 Å². The highest BCUT2D eigenvalue weighted by atomic mass is 32.1. The number of hydrogen-bond donors (Lipinski definition) is 3. The Hall–Kier alpha value is -2.74. The van der Waals surface area contributed by atoms with Crippen molar-refractivity contribution >= 4 is 28.7 Å². The molecule has 0 saturated heterocycles. The molecule has 0 spiro atoms. The fourth-order valence-corrected chi connectivity index (χ4v) is 4.63. The molecular weight excluding hydrogens is 416 g/mol. The molecule has 1 fully saturated rings. The molecule has 3 rings (SSSR count). The minimum Gasteiger partial charge on any atom is -0.387 e. The molecule has 2 aromatic rings. The van der Waals surface area contributed by atoms with E-state index in [2.05, 4.69) is 4.99 Å². The average Bonchev–Trinajstić information content (AvgIpc) is 3.17. The summed E-state index contributed by atoms with van der Waals surface area (Å²) in [4.78, 5) is 9.20. The number of allylic oxidation sites excluding steroid dienone is 1. The number of aromatic nitrogens is 1. The van der Waals surface area contributed by atoms with Gasteiger partial charge in [0.1, 0.15) is 23.3 Å². The highest BCUT2D eigenvalue weighted by Crippen LogP contribution is 2.39. The van der Waals surface area contributed by atoms with E-state index in [1.165, 1.54) is 42.0 Å². The predicted octanol–water partition coefficient (Wildman–Crippen LogP) is 6.05. The van der Waals surface area contributed by atoms with E-state index in [9.17, 15) is 8.78 Å². The van der Waals surface area contributed by atoms with Crippen LogP contribution in [-0.2, 0) is 0 Å². The molecule has 0 radical (unpaired) electrons. The van der Waals surface area contributed by atoms with Crippen molar-refractivity contribution in [3.63, 3.8) is 0 Å². The summed E-state index contributed by atoms with van der Waals surface area (Å²) >= 11 is 1.37. The van der Waals surface area contributed by atoms with Gasteiger partial charge in [-0.05, 0) is 37.1 Å². The number of nitrogens with zero attached hydrogens (tertiary/aromatic N) is 2. The summed E-state index contributed by atoms with van der Waals surface area (Å²) in [6.07, 6.45) is 8.34. The third kappa shape index (κ3) is 5.70. The second kappa shape index (κ2) is 10.0. The first-order valence-corrected chi connectivity index (χ1v) is 11.2. The van der Waals surface area contributed by atoms with Crippen molar-refractivity contribution in [3.8, 4) is 11.3 Å². The lowest BCUT2D eigenvalue weighted by molar-refractivity contribution is 0.442. The van der Waals surface area contributed by atoms with Gasteiger partial charge in [0.2, 0.25) is 0 Å². The zero-order valence-electron chi connectivity index (χ0n) is 17.7. The third-order valence-corrected chi connectivity index (χ3v) is 6.53. The smallest absolute Gasteiger partial charge is 0.146 e. The molecule has 4 N–H and O–H groups in total. The van der Waals surface area contributed by atoms with E-state index in [0.29, 0.717) is 22.3 Å². The largest absolute Gasteiger partial charge is 0.387 e. The van der Waals surface area contributed by atoms with Gasteiger partial charge in [-0.2, -0.15) is 0 Å². The molecule has 0 aliphatic heterocycles. The van der Waals surface area contributed by atoms with Gasteiger partial charge in [-0.1, -0.05) is 33.1 Å². The second-order valence-corrected chi connectivity index (χ2v) is 9.04. The molecule has 164 valence electrons. The third-order valence-electron chi connectivity index (χ3n) is 5.28. The second-order valence-electron chi connectivity index (χ2n) is 8.01. The summed E-state index contributed by atoms with van der Waals surface area (Å²) in [6.45, 7) is 3.76. The minimum absolute atomic E-state index is 0.0146. The van der Waals surface area contributed by atoms with Crippen molar-refractivity contribution < 1.29 is 8.78 Å². The van der Waals surface area contributed by atoms with E-state index in [-0.39, 0.29) is 23.0 Å². The Morgan fingerprint density at radius 1 is 1.19 bits per heavy atom. The summed E-state index contributed by atoms with van der Waals surface area (Å²) in [5, 5.41) is 17.4. The molecule has 0 atom stereocenters. The van der Waals surface area contributed by atoms with Crippen LogP contribution in [0.1, 0.15) is 61.8 Å². The van der Waals surface area contributed by atoms with Crippen LogP contribution in [0.3, 0.4) is 0 Å². The Balaban J connectivity index is 1.96. The van der Waals surface area contributed by atoms with Crippen LogP contribution in [0.25, 0.3) is 11.3 Å². The van der Waals surface area contributed by atoms with Gasteiger partial charge in [0.15, 0.2) is 0 Å². The number of aliphatic imine (C=N–C) groups is 1. The Morgan fingerprint density at radius 3 is 2.55 bits per heavy atom. The highest BCUT2D eigenvalue weighted by Gasteiger charge is 2.24. The molecule has 1 heterocycles. The van der Waals surface area contributed by atoms with Crippen molar-refractivity contribution in [2.24, 2.45) is 16.6 Å². The Bertz CT molecular complexity index is 1030. The number of hydrogen-bond acceptors (Lipinski definition) is 4.